The number of nitrogens with zero attached hydrogens (tertiary/aromatic N) is 3. The highest BCUT2D eigenvalue weighted by atomic mass is 32.2. The second-order valence-corrected chi connectivity index (χ2v) is 10.5. The molecule has 0 radical (unpaired) electrons. The number of carbonyl (C=O) groups is 1. The summed E-state index contributed by atoms with van der Waals surface area (Å²) in [5.74, 6) is -1.71. The summed E-state index contributed by atoms with van der Waals surface area (Å²) >= 11 is 0. The molecule has 0 atom stereocenters. The quantitative estimate of drug-likeness (QED) is 0.589. The van der Waals surface area contributed by atoms with Crippen LogP contribution in [0.4, 0.5) is 0 Å². The van der Waals surface area contributed by atoms with E-state index < -0.39 is 41.2 Å². The number of carbonyl (C=O) groups excluding carboxylic acids is 1. The van der Waals surface area contributed by atoms with Crippen LogP contribution in [-0.2, 0) is 37.6 Å². The number of ketones is 1. The van der Waals surface area contributed by atoms with Crippen molar-refractivity contribution in [2.45, 2.75) is 36.6 Å². The number of rotatable bonds is 8. The second-order valence-electron chi connectivity index (χ2n) is 6.76. The number of nitriles is 1. The lowest BCUT2D eigenvalue weighted by molar-refractivity contribution is -0.116. The van der Waals surface area contributed by atoms with Crippen LogP contribution in [0.3, 0.4) is 0 Å². The van der Waals surface area contributed by atoms with Crippen molar-refractivity contribution in [3.05, 3.63) is 63.8 Å². The van der Waals surface area contributed by atoms with Gasteiger partial charge >= 0.3 is 0 Å². The third-order valence-corrected chi connectivity index (χ3v) is 7.83. The van der Waals surface area contributed by atoms with E-state index in [1.165, 1.54) is 12.1 Å². The van der Waals surface area contributed by atoms with E-state index in [4.69, 9.17) is 6.57 Å². The molecule has 31 heavy (non-hydrogen) atoms. The number of Topliss-reactive ketones (excluding diaryl/α,β-unsaturated/α-hetero) is 1. The summed E-state index contributed by atoms with van der Waals surface area (Å²) in [6.45, 7) is 10.0. The largest absolute Gasteiger partial charge is 0.312 e. The molecule has 9 nitrogen and oxygen atoms in total. The maximum Gasteiger partial charge on any atom is 0.242 e. The molecule has 1 N–H and O–H groups in total. The van der Waals surface area contributed by atoms with Gasteiger partial charge in [-0.25, -0.2) is 28.1 Å². The van der Waals surface area contributed by atoms with Gasteiger partial charge in [0.25, 0.3) is 0 Å². The molecule has 0 saturated heterocycles. The van der Waals surface area contributed by atoms with E-state index in [1.54, 1.807) is 19.9 Å². The summed E-state index contributed by atoms with van der Waals surface area (Å²) in [6, 6.07) is 7.42. The fourth-order valence-electron chi connectivity index (χ4n) is 3.15. The average Bonchev–Trinajstić information content (AvgIpc) is 2.67. The minimum atomic E-state index is -4.37. The SMILES string of the molecule is [C-]#[N+]Cc1cccc(S(=O)(=O)CC(=O)Cc2nc(C)cc(C)c2C#N)c1S(=O)(=O)NC. The van der Waals surface area contributed by atoms with Crippen LogP contribution in [0.5, 0.6) is 0 Å². The lowest BCUT2D eigenvalue weighted by Gasteiger charge is -2.13. The monoisotopic (exact) mass is 460 g/mol. The van der Waals surface area contributed by atoms with E-state index in [1.807, 2.05) is 6.07 Å². The normalized spacial score (nSPS) is 11.5. The molecule has 0 bridgehead atoms. The zero-order chi connectivity index (χ0) is 23.4. The lowest BCUT2D eigenvalue weighted by Crippen LogP contribution is -2.25. The number of nitrogens with one attached hydrogen (secondary N) is 1. The molecule has 11 heteroatoms. The third kappa shape index (κ3) is 5.33. The maximum absolute atomic E-state index is 13.0. The molecule has 162 valence electrons. The third-order valence-electron chi connectivity index (χ3n) is 4.43. The lowest BCUT2D eigenvalue weighted by atomic mass is 10.0. The first-order chi connectivity index (χ1) is 14.5. The summed E-state index contributed by atoms with van der Waals surface area (Å²) in [4.78, 5) is 18.8. The van der Waals surface area contributed by atoms with Crippen LogP contribution < -0.4 is 4.72 Å². The molecule has 2 aromatic rings. The van der Waals surface area contributed by atoms with Gasteiger partial charge < -0.3 is 4.85 Å². The first-order valence-corrected chi connectivity index (χ1v) is 12.1. The van der Waals surface area contributed by atoms with Crippen LogP contribution in [0.15, 0.2) is 34.1 Å². The predicted octanol–water partition coefficient (Wildman–Crippen LogP) is 1.48. The second kappa shape index (κ2) is 9.35. The number of pyridine rings is 1. The Kier molecular flexibility index (Phi) is 7.28. The van der Waals surface area contributed by atoms with Gasteiger partial charge in [0.1, 0.15) is 16.7 Å². The molecule has 1 aromatic heterocycles. The Bertz CT molecular complexity index is 1330. The van der Waals surface area contributed by atoms with Gasteiger partial charge in [-0.3, -0.25) is 9.78 Å². The van der Waals surface area contributed by atoms with Crippen molar-refractivity contribution >= 4 is 25.6 Å². The van der Waals surface area contributed by atoms with Crippen molar-refractivity contribution in [3.63, 3.8) is 0 Å². The smallest absolute Gasteiger partial charge is 0.242 e. The molecule has 1 aromatic carbocycles. The van der Waals surface area contributed by atoms with E-state index in [2.05, 4.69) is 14.6 Å². The number of hydrogen-bond donors (Lipinski definition) is 1. The Morgan fingerprint density at radius 1 is 1.26 bits per heavy atom. The fraction of sp³-hybridized carbons (Fsp3) is 0.300. The van der Waals surface area contributed by atoms with E-state index in [9.17, 15) is 26.9 Å². The van der Waals surface area contributed by atoms with Gasteiger partial charge in [-0.15, -0.1) is 0 Å². The summed E-state index contributed by atoms with van der Waals surface area (Å²) < 4.78 is 53.0. The fourth-order valence-corrected chi connectivity index (χ4v) is 6.25. The Balaban J connectivity index is 2.49. The summed E-state index contributed by atoms with van der Waals surface area (Å²) in [6.07, 6.45) is -0.388. The molecule has 1 heterocycles. The summed E-state index contributed by atoms with van der Waals surface area (Å²) in [5.41, 5.74) is 1.59. The highest BCUT2D eigenvalue weighted by Crippen LogP contribution is 2.27. The van der Waals surface area contributed by atoms with E-state index in [0.717, 1.165) is 13.1 Å². The summed E-state index contributed by atoms with van der Waals surface area (Å²) in [7, 11) is -7.46. The highest BCUT2D eigenvalue weighted by Gasteiger charge is 2.31. The Hall–Kier alpha value is -3.12. The number of sulfonamides is 1. The molecular formula is C20H20N4O5S2. The summed E-state index contributed by atoms with van der Waals surface area (Å²) in [5, 5.41) is 9.33. The first-order valence-electron chi connectivity index (χ1n) is 8.97. The van der Waals surface area contributed by atoms with Crippen LogP contribution in [0, 0.1) is 31.8 Å². The number of aryl methyl sites for hydroxylation is 2. The zero-order valence-electron chi connectivity index (χ0n) is 17.1. The maximum atomic E-state index is 13.0. The predicted molar refractivity (Wildman–Crippen MR) is 112 cm³/mol. The Morgan fingerprint density at radius 3 is 2.52 bits per heavy atom. The molecule has 0 aliphatic carbocycles. The van der Waals surface area contributed by atoms with E-state index in [-0.39, 0.29) is 29.8 Å². The van der Waals surface area contributed by atoms with Crippen LogP contribution >= 0.6 is 0 Å². The minimum Gasteiger partial charge on any atom is -0.312 e. The van der Waals surface area contributed by atoms with Crippen LogP contribution in [0.25, 0.3) is 4.85 Å². The van der Waals surface area contributed by atoms with Gasteiger partial charge in [0.15, 0.2) is 15.6 Å². The van der Waals surface area contributed by atoms with Gasteiger partial charge in [0, 0.05) is 5.69 Å². The topological polar surface area (TPSA) is 138 Å². The molecule has 0 saturated carbocycles. The van der Waals surface area contributed by atoms with Crippen molar-refractivity contribution in [3.8, 4) is 6.07 Å². The molecule has 0 aliphatic heterocycles. The highest BCUT2D eigenvalue weighted by molar-refractivity contribution is 7.94. The van der Waals surface area contributed by atoms with Gasteiger partial charge in [-0.1, -0.05) is 12.1 Å². The molecule has 0 unspecified atom stereocenters. The first kappa shape index (κ1) is 24.2. The van der Waals surface area contributed by atoms with Crippen LogP contribution in [0.1, 0.15) is 28.1 Å². The van der Waals surface area contributed by atoms with Crippen molar-refractivity contribution in [1.82, 2.24) is 9.71 Å². The van der Waals surface area contributed by atoms with Crippen molar-refractivity contribution in [1.29, 1.82) is 5.26 Å². The molecule has 0 fully saturated rings. The number of aromatic nitrogens is 1. The standard InChI is InChI=1S/C20H20N4O5S2/c1-13-8-14(2)24-18(17(13)10-21)9-16(25)12-30(26,27)19-7-5-6-15(11-22-3)20(19)31(28,29)23-4/h5-8,23H,9,11-12H2,1-2,4H3. The van der Waals surface area contributed by atoms with Crippen LogP contribution in [-0.4, -0.2) is 40.4 Å². The average molecular weight is 461 g/mol. The van der Waals surface area contributed by atoms with E-state index in [0.29, 0.717) is 11.3 Å². The molecule has 2 rings (SSSR count). The van der Waals surface area contributed by atoms with Crippen molar-refractivity contribution in [2.75, 3.05) is 12.8 Å². The van der Waals surface area contributed by atoms with Gasteiger partial charge in [0.2, 0.25) is 16.6 Å². The Labute approximate surface area is 181 Å². The molecular weight excluding hydrogens is 440 g/mol. The number of sulfone groups is 1. The van der Waals surface area contributed by atoms with Crippen molar-refractivity contribution in [2.24, 2.45) is 0 Å². The van der Waals surface area contributed by atoms with Crippen LogP contribution in [0.2, 0.25) is 0 Å². The van der Waals surface area contributed by atoms with Crippen molar-refractivity contribution < 1.29 is 21.6 Å². The Morgan fingerprint density at radius 2 is 1.94 bits per heavy atom. The molecule has 0 amide bonds. The molecule has 0 aliphatic rings. The number of hydrogen-bond acceptors (Lipinski definition) is 7. The van der Waals surface area contributed by atoms with Gasteiger partial charge in [0.05, 0.1) is 28.1 Å². The van der Waals surface area contributed by atoms with E-state index >= 15 is 0 Å². The minimum absolute atomic E-state index is 0.0145. The zero-order valence-corrected chi connectivity index (χ0v) is 18.8. The van der Waals surface area contributed by atoms with Gasteiger partial charge in [-0.2, -0.15) is 5.26 Å². The van der Waals surface area contributed by atoms with Gasteiger partial charge in [-0.05, 0) is 38.6 Å². The number of benzene rings is 1. The molecule has 0 spiro atoms.